The van der Waals surface area contributed by atoms with Crippen LogP contribution in [0.15, 0.2) is 72.8 Å². The van der Waals surface area contributed by atoms with Crippen LogP contribution < -0.4 is 14.2 Å². The topological polar surface area (TPSA) is 541 Å². The number of aliphatic hydroxyl groups is 3. The number of aromatic hydroxyl groups is 21. The number of rotatable bonds is 24. The van der Waals surface area contributed by atoms with E-state index in [0.29, 0.717) is 62.7 Å². The van der Waals surface area contributed by atoms with E-state index in [1.54, 1.807) is 201 Å². The van der Waals surface area contributed by atoms with Gasteiger partial charge in [-0.3, -0.25) is 0 Å². The lowest BCUT2D eigenvalue weighted by Gasteiger charge is -2.24. The average molecular weight is 4760 g/mol. The Morgan fingerprint density at radius 1 is 0.153 bits per heavy atom. The predicted molar refractivity (Wildman–Crippen MR) is 770 cm³/mol. The summed E-state index contributed by atoms with van der Waals surface area (Å²) in [5.41, 5.74) is 7.04. The second kappa shape index (κ2) is 61.8. The Labute approximate surface area is 1190 Å². The fourth-order valence-electron chi connectivity index (χ4n) is 13.6. The molecule has 12 unspecified atom stereocenters. The van der Waals surface area contributed by atoms with Crippen LogP contribution in [0.4, 0.5) is 0 Å². The summed E-state index contributed by atoms with van der Waals surface area (Å²) in [6.07, 6.45) is -6.38. The third-order valence-corrected chi connectivity index (χ3v) is 44.1. The molecule has 12 aromatic rings. The lowest BCUT2D eigenvalue weighted by Crippen LogP contribution is -2.09. The monoisotopic (exact) mass is 4760 g/mol. The third kappa shape index (κ3) is 34.3. The molecule has 24 N–H and O–H groups in total. The molecule has 0 saturated carbocycles. The van der Waals surface area contributed by atoms with Crippen LogP contribution in [-0.2, 0) is 14.2 Å². The first-order valence-corrected chi connectivity index (χ1v) is 68.0. The number of aliphatic hydroxyl groups excluding tert-OH is 3. The zero-order valence-electron chi connectivity index (χ0n) is 78.1. The Kier molecular flexibility index (Phi) is 57.6. The first kappa shape index (κ1) is 140. The van der Waals surface area contributed by atoms with Gasteiger partial charge in [0.15, 0.2) is 51.7 Å². The van der Waals surface area contributed by atoms with E-state index >= 15 is 0 Å². The molecule has 816 valence electrons. The van der Waals surface area contributed by atoms with Gasteiger partial charge in [0.25, 0.3) is 0 Å². The number of halogens is 24. The summed E-state index contributed by atoms with van der Waals surface area (Å²) >= 11 is 47.2. The summed E-state index contributed by atoms with van der Waals surface area (Å²) in [6, 6.07) is 22.6. The van der Waals surface area contributed by atoms with Crippen molar-refractivity contribution in [1.29, 1.82) is 0 Å². The summed E-state index contributed by atoms with van der Waals surface area (Å²) in [6.45, 7) is 21.1. The minimum Gasteiger partial charge on any atom is -0.506 e. The van der Waals surface area contributed by atoms with E-state index in [4.69, 9.17) is 28.4 Å². The zero-order chi connectivity index (χ0) is 114. The standard InChI is InChI=1S/2C16H14I4O7.2C16H14I4O5.2C16H14I4O3/c1-3(21)5-11(22)9(19)16(10(20)12(5)23)27-4(2)6-13(24)7(17)15(26)8(18)14(6)25;1-3(5-11(21)7(17)15(25)8(18)12(5)22)27-4(2)6-13(23)9(19)16(26)10(20)14(6)24;1-5(21)7-3-10(18)16(15(24)11(7)19)25-6(2)8-4-9(17)13(22)14(23)12(8)20;1-5(7-3-9(17)13(21)15(23)11(7)19)25-6(2)8-4-10(18)14(22)16(24)12(8)20;1-7(21)9-3-13(19)16(14(20)4-9)23-8(2)10-5-11(17)15(22)12(18)6-10;1-7(9-3-11(17)15(21)12(18)4-9)23-8(2)10-5-13(19)16(22)14(20)6-10/h2*3-4,21-26H,1-2H3;2*3-6,21-24H,1-2H3;2*3-8,21-22H,1-2H3. The maximum Gasteiger partial charge on any atom is 0.176 e. The van der Waals surface area contributed by atoms with Crippen molar-refractivity contribution in [3.8, 4) is 138 Å². The van der Waals surface area contributed by atoms with Crippen LogP contribution in [0.1, 0.15) is 223 Å². The maximum absolute atomic E-state index is 10.5. The van der Waals surface area contributed by atoms with Crippen molar-refractivity contribution in [2.24, 2.45) is 0 Å². The summed E-state index contributed by atoms with van der Waals surface area (Å²) in [7, 11) is 0. The molecule has 0 saturated heterocycles. The Bertz CT molecular complexity index is 6660. The smallest absolute Gasteiger partial charge is 0.176 e. The molecule has 0 fully saturated rings. The average Bonchev–Trinajstić information content (AvgIpc) is 0.767. The quantitative estimate of drug-likeness (QED) is 0.0197. The number of hydrogen-bond acceptors (Lipinski definition) is 30. The summed E-state index contributed by atoms with van der Waals surface area (Å²) in [5, 5.41) is 241. The number of hydrogen-bond donors (Lipinski definition) is 24. The highest BCUT2D eigenvalue weighted by Crippen LogP contribution is 2.56. The fraction of sp³-hybridized carbons (Fsp3) is 0.250. The third-order valence-electron chi connectivity index (χ3n) is 21.6. The van der Waals surface area contributed by atoms with Gasteiger partial charge in [-0.2, -0.15) is 0 Å². The van der Waals surface area contributed by atoms with Crippen molar-refractivity contribution in [3.05, 3.63) is 225 Å². The molecule has 0 aromatic heterocycles. The van der Waals surface area contributed by atoms with E-state index in [1.165, 1.54) is 6.92 Å². The molecular weight excluding hydrogens is 4680 g/mol. The van der Waals surface area contributed by atoms with Crippen molar-refractivity contribution in [2.45, 2.75) is 156 Å². The predicted octanol–water partition coefficient (Wildman–Crippen LogP) is 33.5. The summed E-state index contributed by atoms with van der Waals surface area (Å²) in [4.78, 5) is 0. The van der Waals surface area contributed by atoms with Gasteiger partial charge in [0, 0.05) is 5.56 Å². The number of ether oxygens (including phenoxy) is 6. The first-order valence-electron chi connectivity index (χ1n) is 42.1. The second-order valence-electron chi connectivity index (χ2n) is 32.0. The second-order valence-corrected chi connectivity index (χ2v) is 58.9. The minimum absolute atomic E-state index is 0.0109. The van der Waals surface area contributed by atoms with Crippen LogP contribution in [0.5, 0.6) is 138 Å². The number of benzene rings is 12. The molecular formula is C96H84I24O30. The summed E-state index contributed by atoms with van der Waals surface area (Å²) < 4.78 is 48.8. The molecule has 0 aliphatic rings. The Morgan fingerprint density at radius 3 is 0.660 bits per heavy atom. The van der Waals surface area contributed by atoms with Gasteiger partial charge >= 0.3 is 0 Å². The van der Waals surface area contributed by atoms with Crippen LogP contribution >= 0.6 is 542 Å². The molecule has 150 heavy (non-hydrogen) atoms. The molecule has 12 aromatic carbocycles. The maximum atomic E-state index is 10.5. The van der Waals surface area contributed by atoms with Gasteiger partial charge < -0.3 is 151 Å². The Balaban J connectivity index is 0.000000244. The molecule has 0 bridgehead atoms. The lowest BCUT2D eigenvalue weighted by atomic mass is 10.0. The van der Waals surface area contributed by atoms with Crippen LogP contribution in [-0.4, -0.2) is 123 Å². The minimum atomic E-state index is -1.09. The molecule has 0 heterocycles. The number of phenols is 21. The van der Waals surface area contributed by atoms with Crippen molar-refractivity contribution in [3.63, 3.8) is 0 Å². The highest BCUT2D eigenvalue weighted by Gasteiger charge is 2.36. The SMILES string of the molecule is CC(O)c1c(O)c(I)c(OC(C)c2c(O)c(I)c(O)c(I)c2O)c(I)c1O.CC(O)c1cc(I)c(OC(C)c2cc(I)c(O)c(I)c2)c(I)c1.CC(O)c1cc(I)c(OC(C)c2cc(I)c(O)c(O)c2I)c(O)c1I.CC(OC(C)c1c(O)c(I)c(O)c(I)c1O)c1c(O)c(I)c(O)c(I)c1O.CC(OC(C)c1cc(I)c(O)c(I)c1)c1cc(I)c(O)c(I)c1.CC(OC(C)c1cc(I)c(O)c(O)c1I)c1cc(I)c(O)c(O)c1I. The molecule has 0 amide bonds. The molecule has 0 spiro atoms. The van der Waals surface area contributed by atoms with Crippen molar-refractivity contribution in [2.75, 3.05) is 0 Å². The highest BCUT2D eigenvalue weighted by molar-refractivity contribution is 14.1. The Morgan fingerprint density at radius 2 is 0.373 bits per heavy atom. The lowest BCUT2D eigenvalue weighted by molar-refractivity contribution is 0.00110. The van der Waals surface area contributed by atoms with Gasteiger partial charge in [-0.05, 0) is 737 Å². The molecule has 12 rings (SSSR count). The van der Waals surface area contributed by atoms with Gasteiger partial charge in [-0.25, -0.2) is 0 Å². The Hall–Kier alpha value is 3.12. The number of phenolic OH excluding ortho intramolecular Hbond substituents is 21. The van der Waals surface area contributed by atoms with Gasteiger partial charge in [0.1, 0.15) is 105 Å². The molecule has 0 aliphatic heterocycles. The van der Waals surface area contributed by atoms with E-state index in [2.05, 4.69) is 181 Å². The van der Waals surface area contributed by atoms with Gasteiger partial charge in [-0.15, -0.1) is 0 Å². The molecule has 54 heteroatoms. The molecule has 0 radical (unpaired) electrons. The molecule has 12 atom stereocenters. The zero-order valence-corrected chi connectivity index (χ0v) is 130. The van der Waals surface area contributed by atoms with Crippen LogP contribution in [0.3, 0.4) is 0 Å². The van der Waals surface area contributed by atoms with E-state index < -0.39 is 42.7 Å². The fourth-order valence-corrected chi connectivity index (χ4v) is 33.8. The van der Waals surface area contributed by atoms with Crippen LogP contribution in [0.25, 0.3) is 0 Å². The normalized spacial score (nSPS) is 13.6. The molecule has 30 nitrogen and oxygen atoms in total. The highest BCUT2D eigenvalue weighted by atomic mass is 127. The van der Waals surface area contributed by atoms with Gasteiger partial charge in [0.05, 0.1) is 163 Å². The van der Waals surface area contributed by atoms with Crippen molar-refractivity contribution in [1.82, 2.24) is 0 Å². The van der Waals surface area contributed by atoms with E-state index in [0.717, 1.165) is 67.7 Å². The van der Waals surface area contributed by atoms with Crippen LogP contribution in [0.2, 0.25) is 0 Å². The van der Waals surface area contributed by atoms with E-state index in [-0.39, 0.29) is 191 Å². The van der Waals surface area contributed by atoms with Gasteiger partial charge in [-0.1, -0.05) is 0 Å². The summed E-state index contributed by atoms with van der Waals surface area (Å²) in [5.74, 6) is -1.93. The first-order chi connectivity index (χ1) is 69.3. The largest absolute Gasteiger partial charge is 0.506 e. The van der Waals surface area contributed by atoms with Crippen LogP contribution in [0, 0.1) is 85.7 Å². The van der Waals surface area contributed by atoms with E-state index in [9.17, 15) is 123 Å². The van der Waals surface area contributed by atoms with Gasteiger partial charge in [0.2, 0.25) is 0 Å². The van der Waals surface area contributed by atoms with Crippen molar-refractivity contribution < 1.29 is 151 Å². The van der Waals surface area contributed by atoms with Crippen molar-refractivity contribution >= 4 is 542 Å². The van der Waals surface area contributed by atoms with E-state index in [1.807, 2.05) is 309 Å². The molecule has 0 aliphatic carbocycles.